The molecule has 1 amide bonds. The minimum atomic E-state index is -0.809. The normalized spacial score (nSPS) is 27.8. The van der Waals surface area contributed by atoms with Gasteiger partial charge in [0.15, 0.2) is 0 Å². The zero-order valence-electron chi connectivity index (χ0n) is 12.9. The van der Waals surface area contributed by atoms with Crippen molar-refractivity contribution in [3.63, 3.8) is 0 Å². The molecule has 2 fully saturated rings. The summed E-state index contributed by atoms with van der Waals surface area (Å²) in [6, 6.07) is 9.70. The average Bonchev–Trinajstić information content (AvgIpc) is 3.02. The third-order valence-electron chi connectivity index (χ3n) is 4.50. The minimum absolute atomic E-state index is 0.106. The Bertz CT molecular complexity index is 560. The molecule has 0 radical (unpaired) electrons. The van der Waals surface area contributed by atoms with Crippen LogP contribution in [0.5, 0.6) is 0 Å². The van der Waals surface area contributed by atoms with E-state index in [9.17, 15) is 14.7 Å². The largest absolute Gasteiger partial charge is 0.481 e. The Morgan fingerprint density at radius 1 is 1.17 bits per heavy atom. The van der Waals surface area contributed by atoms with E-state index in [0.717, 1.165) is 22.8 Å². The van der Waals surface area contributed by atoms with Crippen LogP contribution in [0.25, 0.3) is 0 Å². The zero-order chi connectivity index (χ0) is 16.2. The minimum Gasteiger partial charge on any atom is -0.481 e. The molecule has 1 N–H and O–H groups in total. The van der Waals surface area contributed by atoms with Gasteiger partial charge in [-0.2, -0.15) is 23.5 Å². The maximum Gasteiger partial charge on any atom is 0.308 e. The number of aliphatic carboxylic acids is 1. The number of hydrogen-bond acceptors (Lipinski definition) is 4. The second kappa shape index (κ2) is 7.62. The first-order valence-corrected chi connectivity index (χ1v) is 10.1. The quantitative estimate of drug-likeness (QED) is 0.903. The number of likely N-dealkylation sites (tertiary alicyclic amines) is 1. The molecule has 0 aliphatic carbocycles. The molecule has 4 nitrogen and oxygen atoms in total. The SMILES string of the molecule is O=C(O)C1CN(C(=O)CC2CSCCS2)CC1c1ccccc1. The van der Waals surface area contributed by atoms with Gasteiger partial charge in [-0.05, 0) is 5.56 Å². The van der Waals surface area contributed by atoms with Gasteiger partial charge in [0.25, 0.3) is 0 Å². The summed E-state index contributed by atoms with van der Waals surface area (Å²) in [5.41, 5.74) is 1.01. The summed E-state index contributed by atoms with van der Waals surface area (Å²) in [4.78, 5) is 25.9. The Morgan fingerprint density at radius 2 is 1.96 bits per heavy atom. The number of nitrogens with zero attached hydrogens (tertiary/aromatic N) is 1. The van der Waals surface area contributed by atoms with Gasteiger partial charge in [-0.3, -0.25) is 9.59 Å². The number of carbonyl (C=O) groups excluding carboxylic acids is 1. The molecule has 2 saturated heterocycles. The highest BCUT2D eigenvalue weighted by Crippen LogP contribution is 2.34. The van der Waals surface area contributed by atoms with Crippen LogP contribution in [-0.2, 0) is 9.59 Å². The van der Waals surface area contributed by atoms with Gasteiger partial charge >= 0.3 is 5.97 Å². The van der Waals surface area contributed by atoms with E-state index in [1.54, 1.807) is 4.90 Å². The van der Waals surface area contributed by atoms with Crippen molar-refractivity contribution in [2.24, 2.45) is 5.92 Å². The second-order valence-electron chi connectivity index (χ2n) is 6.03. The molecular weight excluding hydrogens is 330 g/mol. The van der Waals surface area contributed by atoms with Crippen LogP contribution >= 0.6 is 23.5 Å². The lowest BCUT2D eigenvalue weighted by Crippen LogP contribution is -2.33. The van der Waals surface area contributed by atoms with Gasteiger partial charge in [-0.1, -0.05) is 30.3 Å². The van der Waals surface area contributed by atoms with Crippen molar-refractivity contribution >= 4 is 35.4 Å². The summed E-state index contributed by atoms with van der Waals surface area (Å²) in [5, 5.41) is 9.90. The first-order valence-electron chi connectivity index (χ1n) is 7.90. The Morgan fingerprint density at radius 3 is 2.61 bits per heavy atom. The molecule has 2 heterocycles. The molecule has 2 aliphatic heterocycles. The van der Waals surface area contributed by atoms with Crippen LogP contribution in [-0.4, -0.2) is 57.5 Å². The van der Waals surface area contributed by atoms with Gasteiger partial charge in [-0.15, -0.1) is 0 Å². The van der Waals surface area contributed by atoms with Crippen LogP contribution in [0.2, 0.25) is 0 Å². The van der Waals surface area contributed by atoms with Crippen molar-refractivity contribution in [2.75, 3.05) is 30.3 Å². The van der Waals surface area contributed by atoms with Gasteiger partial charge < -0.3 is 10.0 Å². The third-order valence-corrected chi connectivity index (χ3v) is 7.35. The van der Waals surface area contributed by atoms with E-state index in [4.69, 9.17) is 0 Å². The lowest BCUT2D eigenvalue weighted by Gasteiger charge is -2.23. The van der Waals surface area contributed by atoms with Crippen LogP contribution in [0.3, 0.4) is 0 Å². The van der Waals surface area contributed by atoms with Crippen LogP contribution in [0.4, 0.5) is 0 Å². The van der Waals surface area contributed by atoms with Gasteiger partial charge in [0.05, 0.1) is 5.92 Å². The number of carboxylic acids is 1. The lowest BCUT2D eigenvalue weighted by atomic mass is 9.89. The van der Waals surface area contributed by atoms with Crippen molar-refractivity contribution in [3.8, 4) is 0 Å². The Kier molecular flexibility index (Phi) is 5.54. The van der Waals surface area contributed by atoms with E-state index in [1.165, 1.54) is 0 Å². The smallest absolute Gasteiger partial charge is 0.308 e. The summed E-state index contributed by atoms with van der Waals surface area (Å²) in [6.07, 6.45) is 0.533. The number of hydrogen-bond donors (Lipinski definition) is 1. The molecule has 0 aromatic heterocycles. The first-order chi connectivity index (χ1) is 11.1. The van der Waals surface area contributed by atoms with Crippen molar-refractivity contribution in [1.29, 1.82) is 0 Å². The Labute approximate surface area is 145 Å². The monoisotopic (exact) mass is 351 g/mol. The number of thioether (sulfide) groups is 2. The van der Waals surface area contributed by atoms with Gasteiger partial charge in [-0.25, -0.2) is 0 Å². The molecule has 3 atom stereocenters. The first kappa shape index (κ1) is 16.7. The summed E-state index contributed by atoms with van der Waals surface area (Å²) in [6.45, 7) is 0.850. The number of rotatable bonds is 4. The van der Waals surface area contributed by atoms with Crippen LogP contribution < -0.4 is 0 Å². The molecule has 3 rings (SSSR count). The summed E-state index contributed by atoms with van der Waals surface area (Å²) in [7, 11) is 0. The lowest BCUT2D eigenvalue weighted by molar-refractivity contribution is -0.141. The van der Waals surface area contributed by atoms with Crippen molar-refractivity contribution in [3.05, 3.63) is 35.9 Å². The number of benzene rings is 1. The molecule has 124 valence electrons. The zero-order valence-corrected chi connectivity index (χ0v) is 14.5. The standard InChI is InChI=1S/C17H21NO3S2/c19-16(8-13-11-22-6-7-23-13)18-9-14(15(10-18)17(20)21)12-4-2-1-3-5-12/h1-5,13-15H,6-11H2,(H,20,21). The van der Waals surface area contributed by atoms with Crippen molar-refractivity contribution in [1.82, 2.24) is 4.90 Å². The maximum atomic E-state index is 12.6. The van der Waals surface area contributed by atoms with E-state index < -0.39 is 11.9 Å². The maximum absolute atomic E-state index is 12.6. The summed E-state index contributed by atoms with van der Waals surface area (Å²) in [5.74, 6) is 1.98. The fourth-order valence-electron chi connectivity index (χ4n) is 3.27. The van der Waals surface area contributed by atoms with Crippen LogP contribution in [0.1, 0.15) is 17.9 Å². The van der Waals surface area contributed by atoms with E-state index in [-0.39, 0.29) is 11.8 Å². The van der Waals surface area contributed by atoms with Gasteiger partial charge in [0.1, 0.15) is 0 Å². The molecule has 0 spiro atoms. The molecule has 2 aliphatic rings. The molecule has 0 bridgehead atoms. The van der Waals surface area contributed by atoms with Crippen molar-refractivity contribution in [2.45, 2.75) is 17.6 Å². The highest BCUT2D eigenvalue weighted by Gasteiger charge is 2.40. The molecule has 6 heteroatoms. The fraction of sp³-hybridized carbons (Fsp3) is 0.529. The molecule has 3 unspecified atom stereocenters. The predicted octanol–water partition coefficient (Wildman–Crippen LogP) is 2.55. The van der Waals surface area contributed by atoms with E-state index >= 15 is 0 Å². The van der Waals surface area contributed by atoms with Crippen molar-refractivity contribution < 1.29 is 14.7 Å². The van der Waals surface area contributed by atoms with E-state index in [1.807, 2.05) is 53.9 Å². The summed E-state index contributed by atoms with van der Waals surface area (Å²) < 4.78 is 0. The average molecular weight is 351 g/mol. The van der Waals surface area contributed by atoms with E-state index in [0.29, 0.717) is 24.8 Å². The fourth-order valence-corrected chi connectivity index (χ4v) is 5.95. The van der Waals surface area contributed by atoms with Crippen LogP contribution in [0, 0.1) is 5.92 Å². The molecule has 1 aromatic carbocycles. The third kappa shape index (κ3) is 4.04. The van der Waals surface area contributed by atoms with Gasteiger partial charge in [0.2, 0.25) is 5.91 Å². The Hall–Kier alpha value is -1.14. The number of carboxylic acid groups (broad SMARTS) is 1. The molecular formula is C17H21NO3S2. The van der Waals surface area contributed by atoms with Crippen LogP contribution in [0.15, 0.2) is 30.3 Å². The number of carbonyl (C=O) groups is 2. The highest BCUT2D eigenvalue weighted by atomic mass is 32.2. The second-order valence-corrected chi connectivity index (χ2v) is 8.59. The highest BCUT2D eigenvalue weighted by molar-refractivity contribution is 8.06. The topological polar surface area (TPSA) is 57.6 Å². The number of amides is 1. The Balaban J connectivity index is 1.67. The summed E-state index contributed by atoms with van der Waals surface area (Å²) >= 11 is 3.77. The van der Waals surface area contributed by atoms with Gasteiger partial charge in [0, 0.05) is 47.9 Å². The molecule has 23 heavy (non-hydrogen) atoms. The molecule has 0 saturated carbocycles. The predicted molar refractivity (Wildman–Crippen MR) is 95.1 cm³/mol. The molecule has 1 aromatic rings. The van der Waals surface area contributed by atoms with E-state index in [2.05, 4.69) is 0 Å².